The molecular weight excluding hydrogens is 547 g/mol. The average molecular weight is 565 g/mol. The van der Waals surface area contributed by atoms with Crippen LogP contribution < -0.4 is 144 Å². The van der Waals surface area contributed by atoms with Gasteiger partial charge in [-0.25, -0.2) is 4.57 Å². The Bertz CT molecular complexity index is 666. The quantitative estimate of drug-likeness (QED) is 0.0933. The van der Waals surface area contributed by atoms with Crippen LogP contribution in [0.4, 0.5) is 0 Å². The Hall–Kier alpha value is 4.17. The van der Waals surface area contributed by atoms with Crippen molar-refractivity contribution in [2.75, 3.05) is 13.2 Å². The zero-order valence-corrected chi connectivity index (χ0v) is 28.5. The number of nitrogens with two attached hydrogens (primary N) is 1. The van der Waals surface area contributed by atoms with Crippen LogP contribution in [0, 0.1) is 0 Å². The summed E-state index contributed by atoms with van der Waals surface area (Å²) < 4.78 is 50.3. The third-order valence-corrected chi connectivity index (χ3v) is 5.37. The van der Waals surface area contributed by atoms with Gasteiger partial charge in [0.2, 0.25) is 0 Å². The molecule has 0 aromatic heterocycles. The van der Waals surface area contributed by atoms with Gasteiger partial charge in [-0.1, -0.05) is 12.2 Å². The fourth-order valence-corrected chi connectivity index (χ4v) is 4.32. The minimum atomic E-state index is -5.77. The Morgan fingerprint density at radius 1 is 0.781 bits per heavy atom. The molecule has 0 spiro atoms. The number of hydrogen-bond acceptors (Lipinski definition) is 13. The predicted octanol–water partition coefficient (Wildman–Crippen LogP) is -17.6. The van der Waals surface area contributed by atoms with Gasteiger partial charge in [0.15, 0.2) is 0 Å². The summed E-state index contributed by atoms with van der Waals surface area (Å²) in [5.74, 6) is 0. The molecule has 9 atom stereocenters. The maximum absolute atomic E-state index is 12.4. The second-order valence-electron chi connectivity index (χ2n) is 5.51. The first-order valence-corrected chi connectivity index (χ1v) is 11.9. The van der Waals surface area contributed by atoms with Gasteiger partial charge in [0, 0.05) is 6.10 Å². The van der Waals surface area contributed by atoms with E-state index < -0.39 is 66.7 Å². The van der Waals surface area contributed by atoms with Crippen LogP contribution in [0.2, 0.25) is 0 Å². The van der Waals surface area contributed by atoms with Crippen LogP contribution in [0.25, 0.3) is 0 Å². The Morgan fingerprint density at radius 2 is 1.22 bits per heavy atom. The summed E-state index contributed by atoms with van der Waals surface area (Å²) in [5, 5.41) is 34.3. The van der Waals surface area contributed by atoms with Crippen molar-refractivity contribution >= 4 is 23.5 Å². The van der Waals surface area contributed by atoms with Gasteiger partial charge in [0.05, 0.1) is 18.8 Å². The van der Waals surface area contributed by atoms with Gasteiger partial charge in [-0.2, -0.15) is 0 Å². The Balaban J connectivity index is -0.000000980. The van der Waals surface area contributed by atoms with Crippen molar-refractivity contribution in [1.82, 2.24) is 0 Å². The van der Waals surface area contributed by atoms with Crippen molar-refractivity contribution in [1.29, 1.82) is 0 Å². The summed E-state index contributed by atoms with van der Waals surface area (Å²) in [6.45, 7) is -0.369. The first-order chi connectivity index (χ1) is 12.6. The fraction of sp³-hybridized carbons (Fsp3) is 1.00. The van der Waals surface area contributed by atoms with Crippen LogP contribution in [0.3, 0.4) is 0 Å². The standard InChI is InChI=1S/C9H20NO15P3.4Na/c10-2-1-3-22-28(20,21)25-7-4(11)5(12)8(23-26(14,15)16)9(6(7)13)24-27(17,18)19;;;;/h4-9,12H,1-3,10H2,(H,20,21)(H2,14,15,16)(H2,17,18,19);;;;/q-2;4*+1/p-2/t4-,5-,6+,7+,8+,9+;;;;/m0..../s1. The summed E-state index contributed by atoms with van der Waals surface area (Å²) in [6.07, 6.45) is -15.7. The van der Waals surface area contributed by atoms with Gasteiger partial charge in [0.1, 0.15) is 6.10 Å². The van der Waals surface area contributed by atoms with E-state index in [1.165, 1.54) is 0 Å². The average Bonchev–Trinajstić information content (AvgIpc) is 2.51. The molecule has 0 aromatic carbocycles. The topological polar surface area (TPSA) is 287 Å². The molecule has 1 aliphatic carbocycles. The molecule has 0 bridgehead atoms. The number of phosphoric ester groups is 3. The molecule has 0 amide bonds. The summed E-state index contributed by atoms with van der Waals surface area (Å²) in [6, 6.07) is 0. The normalized spacial score (nSPS) is 32.9. The predicted molar refractivity (Wildman–Crippen MR) is 77.3 cm³/mol. The van der Waals surface area contributed by atoms with Crippen molar-refractivity contribution in [2.45, 2.75) is 43.0 Å². The van der Waals surface area contributed by atoms with Crippen LogP contribution in [0.5, 0.6) is 0 Å². The molecule has 0 aliphatic heterocycles. The molecule has 1 aliphatic rings. The molecule has 32 heavy (non-hydrogen) atoms. The van der Waals surface area contributed by atoms with Crippen molar-refractivity contribution in [3.63, 3.8) is 0 Å². The molecular formula is C9H18NNa4O15P3. The molecule has 1 fully saturated rings. The molecule has 1 rings (SSSR count). The van der Waals surface area contributed by atoms with Gasteiger partial charge in [0.25, 0.3) is 15.6 Å². The maximum Gasteiger partial charge on any atom is 1.00 e. The van der Waals surface area contributed by atoms with Crippen LogP contribution in [-0.2, 0) is 31.8 Å². The van der Waals surface area contributed by atoms with E-state index in [4.69, 9.17) is 15.5 Å². The van der Waals surface area contributed by atoms with Gasteiger partial charge in [-0.05, 0) is 13.0 Å². The van der Waals surface area contributed by atoms with Crippen LogP contribution in [0.15, 0.2) is 0 Å². The second-order valence-corrected chi connectivity index (χ2v) is 9.21. The monoisotopic (exact) mass is 565 g/mol. The molecule has 16 nitrogen and oxygen atoms in total. The van der Waals surface area contributed by atoms with Crippen LogP contribution >= 0.6 is 23.5 Å². The van der Waals surface area contributed by atoms with Crippen molar-refractivity contribution in [2.24, 2.45) is 5.73 Å². The van der Waals surface area contributed by atoms with Crippen molar-refractivity contribution < 1.29 is 190 Å². The Labute approximate surface area is 271 Å². The van der Waals surface area contributed by atoms with Gasteiger partial charge >= 0.3 is 126 Å². The number of hydrogen-bond donors (Lipinski definition) is 5. The number of rotatable bonds is 10. The first-order valence-electron chi connectivity index (χ1n) is 7.38. The fourth-order valence-electron chi connectivity index (χ4n) is 2.25. The van der Waals surface area contributed by atoms with Gasteiger partial charge < -0.3 is 54.6 Å². The molecule has 0 saturated heterocycles. The van der Waals surface area contributed by atoms with E-state index in [2.05, 4.69) is 18.1 Å². The zero-order valence-electron chi connectivity index (χ0n) is 17.8. The summed E-state index contributed by atoms with van der Waals surface area (Å²) >= 11 is 0. The van der Waals surface area contributed by atoms with E-state index >= 15 is 0 Å². The summed E-state index contributed by atoms with van der Waals surface area (Å²) in [7, 11) is -16.6. The molecule has 168 valence electrons. The molecule has 0 heterocycles. The molecule has 0 aromatic rings. The number of aliphatic hydroxyl groups excluding tert-OH is 1. The van der Waals surface area contributed by atoms with Gasteiger partial charge in [-0.3, -0.25) is 18.2 Å². The summed E-state index contributed by atoms with van der Waals surface area (Å²) in [5.41, 5.74) is 5.14. The molecule has 1 saturated carbocycles. The number of phosphoric acid groups is 3. The number of aliphatic hydroxyl groups is 1. The van der Waals surface area contributed by atoms with E-state index in [1.54, 1.807) is 0 Å². The van der Waals surface area contributed by atoms with Crippen LogP contribution in [-0.4, -0.2) is 69.6 Å². The van der Waals surface area contributed by atoms with E-state index in [9.17, 15) is 43.7 Å². The zero-order chi connectivity index (χ0) is 21.9. The van der Waals surface area contributed by atoms with E-state index in [1.807, 2.05) is 0 Å². The second kappa shape index (κ2) is 18.5. The minimum absolute atomic E-state index is 0. The minimum Gasteiger partial charge on any atom is -0.848 e. The maximum atomic E-state index is 12.4. The van der Waals surface area contributed by atoms with Crippen LogP contribution in [0.1, 0.15) is 6.42 Å². The Kier molecular flexibility index (Phi) is 24.9. The van der Waals surface area contributed by atoms with Gasteiger partial charge in [-0.15, -0.1) is 0 Å². The van der Waals surface area contributed by atoms with E-state index in [0.717, 1.165) is 0 Å². The summed E-state index contributed by atoms with van der Waals surface area (Å²) in [4.78, 5) is 48.8. The molecule has 23 heteroatoms. The largest absolute Gasteiger partial charge is 1.00 e. The van der Waals surface area contributed by atoms with E-state index in [-0.39, 0.29) is 131 Å². The van der Waals surface area contributed by atoms with Crippen molar-refractivity contribution in [3.8, 4) is 0 Å². The molecule has 0 radical (unpaired) electrons. The third-order valence-electron chi connectivity index (χ3n) is 3.34. The van der Waals surface area contributed by atoms with E-state index in [0.29, 0.717) is 0 Å². The SMILES string of the molecule is NCCCOP(=O)(O)O[C@H]1[C@@H]([O-])[C@@H](OP(=O)([O-])O)[C@H](OP(=O)([O-])O)[C@@H](O)[C@@H]1[O-].[Na+].[Na+].[Na+].[Na+]. The first kappa shape index (κ1) is 43.2. The Morgan fingerprint density at radius 3 is 1.62 bits per heavy atom. The molecule has 6 N–H and O–H groups in total. The smallest absolute Gasteiger partial charge is 0.848 e. The van der Waals surface area contributed by atoms with Crippen molar-refractivity contribution in [3.05, 3.63) is 0 Å². The molecule has 3 unspecified atom stereocenters. The third kappa shape index (κ3) is 15.6.